The fourth-order valence-electron chi connectivity index (χ4n) is 3.05. The van der Waals surface area contributed by atoms with Crippen molar-refractivity contribution in [2.45, 2.75) is 19.8 Å². The highest BCUT2D eigenvalue weighted by molar-refractivity contribution is 6.30. The predicted octanol–water partition coefficient (Wildman–Crippen LogP) is 3.06. The summed E-state index contributed by atoms with van der Waals surface area (Å²) in [6, 6.07) is 2.17. The van der Waals surface area contributed by atoms with Crippen LogP contribution in [-0.2, 0) is 0 Å². The number of hydrogen-bond acceptors (Lipinski definition) is 2. The molecule has 1 aromatic rings. The van der Waals surface area contributed by atoms with Gasteiger partial charge in [-0.15, -0.1) is 0 Å². The molecule has 0 radical (unpaired) electrons. The predicted molar refractivity (Wildman–Crippen MR) is 71.0 cm³/mol. The molecule has 0 amide bonds. The second-order valence-corrected chi connectivity index (χ2v) is 5.45. The highest BCUT2D eigenvalue weighted by atomic mass is 35.5. The highest BCUT2D eigenvalue weighted by Gasteiger charge is 2.32. The maximum Gasteiger partial charge on any atom is 0.131 e. The molecule has 2 unspecified atom stereocenters. The number of halogens is 1. The van der Waals surface area contributed by atoms with Crippen LogP contribution in [0.2, 0.25) is 5.15 Å². The molecule has 3 heteroatoms. The van der Waals surface area contributed by atoms with Gasteiger partial charge in [-0.05, 0) is 55.0 Å². The summed E-state index contributed by atoms with van der Waals surface area (Å²) in [5.74, 6) is 1.48. The minimum atomic E-state index is 0.617. The van der Waals surface area contributed by atoms with E-state index in [1.165, 1.54) is 30.5 Å². The quantitative estimate of drug-likeness (QED) is 0.773. The lowest BCUT2D eigenvalue weighted by Gasteiger charge is -2.26. The van der Waals surface area contributed by atoms with Crippen molar-refractivity contribution in [2.24, 2.45) is 11.8 Å². The van der Waals surface area contributed by atoms with Crippen molar-refractivity contribution in [3.8, 4) is 0 Å². The van der Waals surface area contributed by atoms with Crippen LogP contribution in [0.1, 0.15) is 24.0 Å². The van der Waals surface area contributed by atoms with Gasteiger partial charge in [-0.2, -0.15) is 0 Å². The van der Waals surface area contributed by atoms with Crippen molar-refractivity contribution < 1.29 is 0 Å². The average molecular weight is 249 g/mol. The molecule has 0 aromatic carbocycles. The minimum Gasteiger partial charge on any atom is -0.316 e. The van der Waals surface area contributed by atoms with Gasteiger partial charge in [-0.25, -0.2) is 4.98 Å². The lowest BCUT2D eigenvalue weighted by molar-refractivity contribution is 0.454. The molecule has 2 atom stereocenters. The van der Waals surface area contributed by atoms with Crippen LogP contribution in [0.5, 0.6) is 0 Å². The lowest BCUT2D eigenvalue weighted by Crippen LogP contribution is -2.18. The van der Waals surface area contributed by atoms with Crippen LogP contribution in [0.15, 0.2) is 18.3 Å². The van der Waals surface area contributed by atoms with Crippen molar-refractivity contribution in [3.05, 3.63) is 34.6 Å². The second kappa shape index (κ2) is 4.43. The molecule has 90 valence electrons. The average Bonchev–Trinajstić information content (AvgIpc) is 2.80. The summed E-state index contributed by atoms with van der Waals surface area (Å²) < 4.78 is 0. The van der Waals surface area contributed by atoms with E-state index in [0.29, 0.717) is 11.1 Å². The summed E-state index contributed by atoms with van der Waals surface area (Å²) >= 11 is 5.99. The fourth-order valence-corrected chi connectivity index (χ4v) is 3.16. The molecule has 1 aliphatic heterocycles. The zero-order valence-corrected chi connectivity index (χ0v) is 10.8. The zero-order chi connectivity index (χ0) is 11.8. The van der Waals surface area contributed by atoms with Crippen molar-refractivity contribution >= 4 is 17.2 Å². The molecule has 0 saturated carbocycles. The monoisotopic (exact) mass is 248 g/mol. The Labute approximate surface area is 107 Å². The topological polar surface area (TPSA) is 24.9 Å². The van der Waals surface area contributed by atoms with E-state index in [9.17, 15) is 0 Å². The molecule has 0 spiro atoms. The number of nitrogens with zero attached hydrogens (tertiary/aromatic N) is 1. The smallest absolute Gasteiger partial charge is 0.131 e. The zero-order valence-electron chi connectivity index (χ0n) is 10.0. The molecular formula is C14H17ClN2. The molecule has 1 N–H and O–H groups in total. The van der Waals surface area contributed by atoms with E-state index in [0.717, 1.165) is 18.0 Å². The van der Waals surface area contributed by atoms with Gasteiger partial charge >= 0.3 is 0 Å². The number of nitrogens with one attached hydrogen (secondary N) is 1. The molecule has 1 aromatic heterocycles. The third kappa shape index (κ3) is 2.00. The van der Waals surface area contributed by atoms with Crippen molar-refractivity contribution in [1.29, 1.82) is 0 Å². The number of aromatic nitrogens is 1. The first-order chi connectivity index (χ1) is 8.25. The summed E-state index contributed by atoms with van der Waals surface area (Å²) in [7, 11) is 0. The standard InChI is InChI=1S/C14H17ClN2/c1-9-5-11(7-17-14(9)15)12-4-2-3-10-6-16-8-13(10)12/h4-5,7,10,13,16H,2-3,6,8H2,1H3. The van der Waals surface area contributed by atoms with Gasteiger partial charge in [0.25, 0.3) is 0 Å². The summed E-state index contributed by atoms with van der Waals surface area (Å²) in [5, 5.41) is 4.12. The summed E-state index contributed by atoms with van der Waals surface area (Å²) in [6.45, 7) is 4.30. The Kier molecular flexibility index (Phi) is 2.93. The molecule has 2 aliphatic rings. The first-order valence-electron chi connectivity index (χ1n) is 6.29. The number of pyridine rings is 1. The third-order valence-corrected chi connectivity index (χ3v) is 4.38. The van der Waals surface area contributed by atoms with Crippen LogP contribution in [-0.4, -0.2) is 18.1 Å². The largest absolute Gasteiger partial charge is 0.316 e. The maximum atomic E-state index is 5.99. The maximum absolute atomic E-state index is 5.99. The minimum absolute atomic E-state index is 0.617. The van der Waals surface area contributed by atoms with Gasteiger partial charge in [-0.1, -0.05) is 17.7 Å². The van der Waals surface area contributed by atoms with E-state index in [2.05, 4.69) is 22.4 Å². The van der Waals surface area contributed by atoms with Gasteiger partial charge in [0, 0.05) is 18.7 Å². The van der Waals surface area contributed by atoms with Crippen molar-refractivity contribution in [3.63, 3.8) is 0 Å². The summed E-state index contributed by atoms with van der Waals surface area (Å²) in [6.07, 6.45) is 6.82. The van der Waals surface area contributed by atoms with E-state index in [1.54, 1.807) is 0 Å². The molecule has 2 nitrogen and oxygen atoms in total. The fraction of sp³-hybridized carbons (Fsp3) is 0.500. The van der Waals surface area contributed by atoms with Crippen LogP contribution in [0.4, 0.5) is 0 Å². The Morgan fingerprint density at radius 2 is 2.29 bits per heavy atom. The van der Waals surface area contributed by atoms with Gasteiger partial charge in [0.05, 0.1) is 0 Å². The second-order valence-electron chi connectivity index (χ2n) is 5.09. The van der Waals surface area contributed by atoms with Crippen LogP contribution in [0.3, 0.4) is 0 Å². The number of fused-ring (bicyclic) bond motifs is 1. The van der Waals surface area contributed by atoms with E-state index in [1.807, 2.05) is 13.1 Å². The molecule has 1 fully saturated rings. The van der Waals surface area contributed by atoms with Gasteiger partial charge < -0.3 is 5.32 Å². The van der Waals surface area contributed by atoms with E-state index < -0.39 is 0 Å². The molecule has 1 aliphatic carbocycles. The van der Waals surface area contributed by atoms with Crippen molar-refractivity contribution in [1.82, 2.24) is 10.3 Å². The van der Waals surface area contributed by atoms with Gasteiger partial charge in [0.1, 0.15) is 5.15 Å². The van der Waals surface area contributed by atoms with E-state index in [4.69, 9.17) is 11.6 Å². The highest BCUT2D eigenvalue weighted by Crippen LogP contribution is 2.38. The van der Waals surface area contributed by atoms with Crippen molar-refractivity contribution in [2.75, 3.05) is 13.1 Å². The Morgan fingerprint density at radius 3 is 3.12 bits per heavy atom. The normalized spacial score (nSPS) is 27.8. The number of hydrogen-bond donors (Lipinski definition) is 1. The van der Waals surface area contributed by atoms with Crippen LogP contribution >= 0.6 is 11.6 Å². The first kappa shape index (κ1) is 11.2. The number of allylic oxidation sites excluding steroid dienone is 1. The number of rotatable bonds is 1. The number of aryl methyl sites for hydroxylation is 1. The Bertz CT molecular complexity index is 467. The SMILES string of the molecule is Cc1cc(C2=CCCC3CNCC23)cnc1Cl. The molecule has 3 rings (SSSR count). The molecule has 17 heavy (non-hydrogen) atoms. The Hall–Kier alpha value is -0.860. The third-order valence-electron chi connectivity index (χ3n) is 3.99. The van der Waals surface area contributed by atoms with Crippen LogP contribution in [0.25, 0.3) is 5.57 Å². The van der Waals surface area contributed by atoms with Crippen LogP contribution in [0, 0.1) is 18.8 Å². The Morgan fingerprint density at radius 1 is 1.41 bits per heavy atom. The van der Waals surface area contributed by atoms with E-state index >= 15 is 0 Å². The van der Waals surface area contributed by atoms with Crippen LogP contribution < -0.4 is 5.32 Å². The van der Waals surface area contributed by atoms with Gasteiger partial charge in [0.2, 0.25) is 0 Å². The summed E-state index contributed by atoms with van der Waals surface area (Å²) in [5.41, 5.74) is 3.79. The molecule has 2 heterocycles. The summed E-state index contributed by atoms with van der Waals surface area (Å²) in [4.78, 5) is 4.27. The lowest BCUT2D eigenvalue weighted by atomic mass is 9.78. The molecule has 0 bridgehead atoms. The molecule has 1 saturated heterocycles. The molecular weight excluding hydrogens is 232 g/mol. The Balaban J connectivity index is 1.97. The van der Waals surface area contributed by atoms with Gasteiger partial charge in [-0.3, -0.25) is 0 Å². The van der Waals surface area contributed by atoms with E-state index in [-0.39, 0.29) is 0 Å². The first-order valence-corrected chi connectivity index (χ1v) is 6.67. The van der Waals surface area contributed by atoms with Gasteiger partial charge in [0.15, 0.2) is 0 Å².